The zero-order chi connectivity index (χ0) is 28.2. The van der Waals surface area contributed by atoms with E-state index in [1.54, 1.807) is 24.4 Å². The molecule has 8 nitrogen and oxygen atoms in total. The normalized spacial score (nSPS) is 15.9. The van der Waals surface area contributed by atoms with E-state index in [9.17, 15) is 22.8 Å². The molecule has 2 aliphatic rings. The predicted molar refractivity (Wildman–Crippen MR) is 145 cm³/mol. The van der Waals surface area contributed by atoms with Crippen molar-refractivity contribution in [2.45, 2.75) is 55.2 Å². The maximum absolute atomic E-state index is 13.6. The molecule has 12 heteroatoms. The average Bonchev–Trinajstić information content (AvgIpc) is 3.58. The number of hydrogen-bond donors (Lipinski definition) is 2. The van der Waals surface area contributed by atoms with E-state index in [1.165, 1.54) is 16.3 Å². The molecule has 3 heterocycles. The summed E-state index contributed by atoms with van der Waals surface area (Å²) in [6, 6.07) is 13.0. The Hall–Kier alpha value is -4.06. The minimum atomic E-state index is -4.55. The van der Waals surface area contributed by atoms with Crippen LogP contribution in [0.5, 0.6) is 0 Å². The summed E-state index contributed by atoms with van der Waals surface area (Å²) in [4.78, 5) is 32.3. The summed E-state index contributed by atoms with van der Waals surface area (Å²) in [5, 5.41) is 7.11. The molecular weight excluding hydrogens is 541 g/mol. The topological polar surface area (TPSA) is 106 Å². The number of rotatable bonds is 7. The first-order valence-corrected chi connectivity index (χ1v) is 13.8. The van der Waals surface area contributed by atoms with Crippen LogP contribution in [-0.4, -0.2) is 49.6 Å². The summed E-state index contributed by atoms with van der Waals surface area (Å²) < 4.78 is 42.2. The maximum Gasteiger partial charge on any atom is 0.408 e. The van der Waals surface area contributed by atoms with E-state index >= 15 is 0 Å². The van der Waals surface area contributed by atoms with Crippen LogP contribution in [-0.2, 0) is 12.3 Å². The monoisotopic (exact) mass is 566 g/mol. The van der Waals surface area contributed by atoms with Gasteiger partial charge in [-0.15, -0.1) is 16.9 Å². The van der Waals surface area contributed by atoms with Crippen molar-refractivity contribution >= 4 is 35.0 Å². The molecule has 206 valence electrons. The van der Waals surface area contributed by atoms with E-state index in [0.29, 0.717) is 27.5 Å². The van der Waals surface area contributed by atoms with Crippen LogP contribution in [0, 0.1) is 0 Å². The van der Waals surface area contributed by atoms with Crippen LogP contribution in [0.2, 0.25) is 0 Å². The van der Waals surface area contributed by atoms with E-state index in [-0.39, 0.29) is 41.1 Å². The first-order chi connectivity index (χ1) is 19.1. The number of thioether (sulfide) groups is 1. The van der Waals surface area contributed by atoms with Crippen LogP contribution in [0.3, 0.4) is 0 Å². The fraction of sp³-hybridized carbons (Fsp3) is 0.286. The van der Waals surface area contributed by atoms with Gasteiger partial charge in [-0.3, -0.25) is 9.59 Å². The standard InChI is InChI=1S/C28H25F3N6O2S/c1-15(28(29,30)31)36-13-18-11-17(12-21(22(18)27(36)39)40-14-16-5-3-2-4-6-16)20-9-10-37-25(34-20)23(24(32)35-37)26(38)33-19-7-8-19/h2-6,9-12,15,19H,7-8,13-14H2,1H3,(H2,32,35)(H,33,38). The summed E-state index contributed by atoms with van der Waals surface area (Å²) in [5.74, 6) is -0.420. The van der Waals surface area contributed by atoms with E-state index in [0.717, 1.165) is 30.2 Å². The Bertz CT molecular complexity index is 1630. The van der Waals surface area contributed by atoms with Gasteiger partial charge in [-0.05, 0) is 49.1 Å². The number of halogens is 3. The second-order valence-corrected chi connectivity index (χ2v) is 11.0. The maximum atomic E-state index is 13.6. The summed E-state index contributed by atoms with van der Waals surface area (Å²) >= 11 is 1.38. The fourth-order valence-electron chi connectivity index (χ4n) is 4.74. The number of nitrogens with zero attached hydrogens (tertiary/aromatic N) is 4. The van der Waals surface area contributed by atoms with Crippen molar-refractivity contribution in [1.82, 2.24) is 24.8 Å². The molecule has 40 heavy (non-hydrogen) atoms. The Morgan fingerprint density at radius 2 is 1.95 bits per heavy atom. The third-order valence-corrected chi connectivity index (χ3v) is 8.24. The minimum Gasteiger partial charge on any atom is -0.381 e. The number of benzene rings is 2. The molecule has 4 aromatic rings. The molecule has 1 aliphatic carbocycles. The molecule has 1 unspecified atom stereocenters. The van der Waals surface area contributed by atoms with Crippen molar-refractivity contribution in [3.05, 3.63) is 77.0 Å². The van der Waals surface area contributed by atoms with Gasteiger partial charge in [0, 0.05) is 35.0 Å². The number of aromatic nitrogens is 3. The van der Waals surface area contributed by atoms with Gasteiger partial charge in [0.1, 0.15) is 11.6 Å². The highest BCUT2D eigenvalue weighted by atomic mass is 32.2. The van der Waals surface area contributed by atoms with Crippen molar-refractivity contribution in [2.75, 3.05) is 5.73 Å². The van der Waals surface area contributed by atoms with Gasteiger partial charge >= 0.3 is 6.18 Å². The van der Waals surface area contributed by atoms with Gasteiger partial charge in [0.2, 0.25) is 0 Å². The molecule has 2 aromatic carbocycles. The lowest BCUT2D eigenvalue weighted by Crippen LogP contribution is -2.43. The summed E-state index contributed by atoms with van der Waals surface area (Å²) in [6.45, 7) is 0.827. The number of nitrogens with one attached hydrogen (secondary N) is 1. The molecule has 1 fully saturated rings. The van der Waals surface area contributed by atoms with Gasteiger partial charge in [0.25, 0.3) is 11.8 Å². The lowest BCUT2D eigenvalue weighted by Gasteiger charge is -2.26. The second kappa shape index (κ2) is 9.84. The van der Waals surface area contributed by atoms with E-state index < -0.39 is 18.1 Å². The summed E-state index contributed by atoms with van der Waals surface area (Å²) in [5.41, 5.74) is 9.38. The van der Waals surface area contributed by atoms with Gasteiger partial charge in [0.05, 0.1) is 11.3 Å². The molecule has 0 bridgehead atoms. The van der Waals surface area contributed by atoms with Gasteiger partial charge in [0.15, 0.2) is 11.5 Å². The third-order valence-electron chi connectivity index (χ3n) is 7.13. The van der Waals surface area contributed by atoms with Gasteiger partial charge < -0.3 is 16.0 Å². The number of alkyl halides is 3. The number of nitrogens with two attached hydrogens (primary N) is 1. The Morgan fingerprint density at radius 3 is 2.65 bits per heavy atom. The number of fused-ring (bicyclic) bond motifs is 2. The van der Waals surface area contributed by atoms with Crippen LogP contribution in [0.25, 0.3) is 16.9 Å². The lowest BCUT2D eigenvalue weighted by atomic mass is 10.0. The fourth-order valence-corrected chi connectivity index (χ4v) is 5.82. The Kier molecular flexibility index (Phi) is 6.44. The van der Waals surface area contributed by atoms with Crippen LogP contribution < -0.4 is 11.1 Å². The molecular formula is C28H25F3N6O2S. The highest BCUT2D eigenvalue weighted by Crippen LogP contribution is 2.40. The lowest BCUT2D eigenvalue weighted by molar-refractivity contribution is -0.172. The van der Waals surface area contributed by atoms with Crippen LogP contribution in [0.15, 0.2) is 59.6 Å². The number of carbonyl (C=O) groups excluding carboxylic acids is 2. The van der Waals surface area contributed by atoms with E-state index in [2.05, 4.69) is 15.4 Å². The Balaban J connectivity index is 1.41. The minimum absolute atomic E-state index is 0.0539. The molecule has 1 aliphatic heterocycles. The summed E-state index contributed by atoms with van der Waals surface area (Å²) in [7, 11) is 0. The highest BCUT2D eigenvalue weighted by Gasteiger charge is 2.45. The largest absolute Gasteiger partial charge is 0.408 e. The van der Waals surface area contributed by atoms with Gasteiger partial charge in [-0.1, -0.05) is 30.3 Å². The predicted octanol–water partition coefficient (Wildman–Crippen LogP) is 5.07. The van der Waals surface area contributed by atoms with Crippen molar-refractivity contribution in [1.29, 1.82) is 0 Å². The molecule has 1 saturated carbocycles. The second-order valence-electron chi connectivity index (χ2n) is 10.0. The molecule has 3 N–H and O–H groups in total. The first kappa shape index (κ1) is 26.2. The molecule has 2 amide bonds. The average molecular weight is 567 g/mol. The molecule has 0 spiro atoms. The number of hydrogen-bond acceptors (Lipinski definition) is 6. The number of amides is 2. The summed E-state index contributed by atoms with van der Waals surface area (Å²) in [6.07, 6.45) is -1.10. The zero-order valence-corrected chi connectivity index (χ0v) is 22.2. The van der Waals surface area contributed by atoms with Crippen molar-refractivity contribution in [2.24, 2.45) is 0 Å². The first-order valence-electron chi connectivity index (χ1n) is 12.8. The number of anilines is 1. The van der Waals surface area contributed by atoms with E-state index in [1.807, 2.05) is 30.3 Å². The van der Waals surface area contributed by atoms with Crippen molar-refractivity contribution < 1.29 is 22.8 Å². The SMILES string of the molecule is CC(N1Cc2cc(-c3ccn4nc(N)c(C(=O)NC5CC5)c4n3)cc(SCc3ccccc3)c2C1=O)C(F)(F)F. The van der Waals surface area contributed by atoms with Crippen molar-refractivity contribution in [3.63, 3.8) is 0 Å². The van der Waals surface area contributed by atoms with Crippen LogP contribution in [0.1, 0.15) is 51.6 Å². The van der Waals surface area contributed by atoms with Crippen LogP contribution in [0.4, 0.5) is 19.0 Å². The van der Waals surface area contributed by atoms with Crippen molar-refractivity contribution in [3.8, 4) is 11.3 Å². The molecule has 2 aromatic heterocycles. The van der Waals surface area contributed by atoms with E-state index in [4.69, 9.17) is 5.73 Å². The van der Waals surface area contributed by atoms with Crippen LogP contribution >= 0.6 is 11.8 Å². The molecule has 6 rings (SSSR count). The van der Waals surface area contributed by atoms with Gasteiger partial charge in [-0.25, -0.2) is 9.50 Å². The number of carbonyl (C=O) groups is 2. The number of nitrogen functional groups attached to an aromatic ring is 1. The highest BCUT2D eigenvalue weighted by molar-refractivity contribution is 7.98. The Labute approximate surface area is 231 Å². The molecule has 0 saturated heterocycles. The third kappa shape index (κ3) is 4.87. The van der Waals surface area contributed by atoms with Gasteiger partial charge in [-0.2, -0.15) is 13.2 Å². The quantitative estimate of drug-likeness (QED) is 0.303. The molecule has 0 radical (unpaired) electrons. The smallest absolute Gasteiger partial charge is 0.381 e. The molecule has 1 atom stereocenters. The Morgan fingerprint density at radius 1 is 1.20 bits per heavy atom. The zero-order valence-electron chi connectivity index (χ0n) is 21.4.